The molecule has 1 saturated heterocycles. The summed E-state index contributed by atoms with van der Waals surface area (Å²) >= 11 is 0. The van der Waals surface area contributed by atoms with Gasteiger partial charge in [0, 0.05) is 37.8 Å². The quantitative estimate of drug-likeness (QED) is 0.899. The van der Waals surface area contributed by atoms with Crippen molar-refractivity contribution in [1.82, 2.24) is 14.5 Å². The van der Waals surface area contributed by atoms with Crippen molar-refractivity contribution in [3.8, 4) is 0 Å². The number of sulfonamides is 1. The van der Waals surface area contributed by atoms with Crippen LogP contribution in [0.15, 0.2) is 48.1 Å². The van der Waals surface area contributed by atoms with Gasteiger partial charge in [-0.15, -0.1) is 0 Å². The van der Waals surface area contributed by atoms with Gasteiger partial charge in [-0.25, -0.2) is 13.1 Å². The molecule has 0 unspecified atom stereocenters. The fourth-order valence-electron chi connectivity index (χ4n) is 2.88. The Bertz CT molecular complexity index is 799. The van der Waals surface area contributed by atoms with Crippen molar-refractivity contribution < 1.29 is 8.42 Å². The van der Waals surface area contributed by atoms with E-state index in [0.717, 1.165) is 30.6 Å². The Morgan fingerprint density at radius 3 is 2.79 bits per heavy atom. The molecule has 1 aliphatic heterocycles. The smallest absolute Gasteiger partial charge is 0.234 e. The maximum Gasteiger partial charge on any atom is 0.234 e. The molecule has 0 spiro atoms. The van der Waals surface area contributed by atoms with Gasteiger partial charge in [0.1, 0.15) is 0 Å². The minimum Gasteiger partial charge on any atom is -0.367 e. The van der Waals surface area contributed by atoms with Crippen LogP contribution >= 0.6 is 0 Å². The average Bonchev–Trinajstić information content (AvgIpc) is 3.01. The molecule has 1 aliphatic rings. The second-order valence-electron chi connectivity index (χ2n) is 6.03. The van der Waals surface area contributed by atoms with Gasteiger partial charge in [-0.1, -0.05) is 30.3 Å². The largest absolute Gasteiger partial charge is 0.367 e. The lowest BCUT2D eigenvalue weighted by atomic mass is 10.1. The average molecular weight is 346 g/mol. The van der Waals surface area contributed by atoms with E-state index < -0.39 is 10.0 Å². The molecule has 0 aliphatic carbocycles. The minimum atomic E-state index is -3.46. The molecular formula is C17H22N4O2S. The van der Waals surface area contributed by atoms with Gasteiger partial charge in [-0.3, -0.25) is 4.68 Å². The number of piperidine rings is 1. The number of anilines is 1. The molecule has 6 nitrogen and oxygen atoms in total. The molecule has 0 bridgehead atoms. The van der Waals surface area contributed by atoms with E-state index in [1.807, 2.05) is 49.8 Å². The first kappa shape index (κ1) is 16.7. The first-order valence-corrected chi connectivity index (χ1v) is 9.55. The summed E-state index contributed by atoms with van der Waals surface area (Å²) in [6.07, 6.45) is 7.17. The summed E-state index contributed by atoms with van der Waals surface area (Å²) in [4.78, 5) is 2.17. The number of aryl methyl sites for hydroxylation is 1. The van der Waals surface area contributed by atoms with Gasteiger partial charge in [0.2, 0.25) is 10.0 Å². The number of rotatable bonds is 5. The zero-order valence-electron chi connectivity index (χ0n) is 13.7. The van der Waals surface area contributed by atoms with Crippen molar-refractivity contribution in [2.75, 3.05) is 18.0 Å². The number of hydrogen-bond donors (Lipinski definition) is 1. The Balaban J connectivity index is 1.63. The summed E-state index contributed by atoms with van der Waals surface area (Å²) in [5.74, 6) is 0. The van der Waals surface area contributed by atoms with E-state index in [-0.39, 0.29) is 6.04 Å². The Kier molecular flexibility index (Phi) is 5.01. The summed E-state index contributed by atoms with van der Waals surface area (Å²) in [6, 6.07) is 9.32. The summed E-state index contributed by atoms with van der Waals surface area (Å²) in [5.41, 5.74) is 1.89. The maximum atomic E-state index is 12.3. The first-order valence-electron chi connectivity index (χ1n) is 8.01. The van der Waals surface area contributed by atoms with Crippen molar-refractivity contribution in [1.29, 1.82) is 0 Å². The summed E-state index contributed by atoms with van der Waals surface area (Å²) in [6.45, 7) is 1.58. The molecular weight excluding hydrogens is 324 g/mol. The van der Waals surface area contributed by atoms with Crippen LogP contribution in [0.25, 0.3) is 6.08 Å². The zero-order chi connectivity index (χ0) is 17.0. The molecule has 1 N–H and O–H groups in total. The predicted octanol–water partition coefficient (Wildman–Crippen LogP) is 1.98. The van der Waals surface area contributed by atoms with E-state index in [1.54, 1.807) is 10.8 Å². The molecule has 128 valence electrons. The lowest BCUT2D eigenvalue weighted by molar-refractivity contribution is 0.468. The molecule has 1 aromatic carbocycles. The van der Waals surface area contributed by atoms with Gasteiger partial charge in [-0.2, -0.15) is 5.10 Å². The number of aromatic nitrogens is 2. The monoisotopic (exact) mass is 346 g/mol. The standard InChI is InChI=1S/C17H22N4O2S/c1-20-14-17(12-18-20)21-10-5-8-16(13-21)19-24(22,23)11-9-15-6-3-2-4-7-15/h2-4,6-7,9,11-12,14,16,19H,5,8,10,13H2,1H3/b11-9-/t16-/m0/s1. The van der Waals surface area contributed by atoms with Crippen LogP contribution in [-0.4, -0.2) is 37.3 Å². The van der Waals surface area contributed by atoms with E-state index in [2.05, 4.69) is 14.7 Å². The Morgan fingerprint density at radius 1 is 1.29 bits per heavy atom. The van der Waals surface area contributed by atoms with Crippen LogP contribution in [0.5, 0.6) is 0 Å². The third-order valence-electron chi connectivity index (χ3n) is 4.05. The van der Waals surface area contributed by atoms with Gasteiger partial charge in [0.15, 0.2) is 0 Å². The van der Waals surface area contributed by atoms with E-state index in [0.29, 0.717) is 6.54 Å². The lowest BCUT2D eigenvalue weighted by Crippen LogP contribution is -2.47. The van der Waals surface area contributed by atoms with E-state index >= 15 is 0 Å². The van der Waals surface area contributed by atoms with Gasteiger partial charge in [0.25, 0.3) is 0 Å². The topological polar surface area (TPSA) is 67.2 Å². The Labute approximate surface area is 142 Å². The third kappa shape index (κ3) is 4.46. The van der Waals surface area contributed by atoms with Gasteiger partial charge in [-0.05, 0) is 24.5 Å². The molecule has 2 heterocycles. The van der Waals surface area contributed by atoms with E-state index in [1.165, 1.54) is 5.41 Å². The molecule has 24 heavy (non-hydrogen) atoms. The SMILES string of the molecule is Cn1cc(N2CCC[C@H](NS(=O)(=O)/C=C\c3ccccc3)C2)cn1. The molecule has 2 aromatic rings. The maximum absolute atomic E-state index is 12.3. The molecule has 7 heteroatoms. The van der Waals surface area contributed by atoms with E-state index in [4.69, 9.17) is 0 Å². The first-order chi connectivity index (χ1) is 11.5. The van der Waals surface area contributed by atoms with Crippen molar-refractivity contribution >= 4 is 21.8 Å². The van der Waals surface area contributed by atoms with Crippen LogP contribution in [-0.2, 0) is 17.1 Å². The zero-order valence-corrected chi connectivity index (χ0v) is 14.5. The van der Waals surface area contributed by atoms with Gasteiger partial charge < -0.3 is 4.90 Å². The highest BCUT2D eigenvalue weighted by atomic mass is 32.2. The van der Waals surface area contributed by atoms with Crippen LogP contribution in [0.1, 0.15) is 18.4 Å². The molecule has 0 saturated carbocycles. The van der Waals surface area contributed by atoms with Crippen LogP contribution < -0.4 is 9.62 Å². The van der Waals surface area contributed by atoms with E-state index in [9.17, 15) is 8.42 Å². The Morgan fingerprint density at radius 2 is 2.08 bits per heavy atom. The minimum absolute atomic E-state index is 0.0932. The van der Waals surface area contributed by atoms with Crippen LogP contribution in [0, 0.1) is 0 Å². The van der Waals surface area contributed by atoms with Crippen molar-refractivity contribution in [3.05, 3.63) is 53.7 Å². The molecule has 0 amide bonds. The second kappa shape index (κ2) is 7.19. The second-order valence-corrected chi connectivity index (χ2v) is 7.63. The van der Waals surface area contributed by atoms with Crippen molar-refractivity contribution in [2.24, 2.45) is 7.05 Å². The highest BCUT2D eigenvalue weighted by molar-refractivity contribution is 7.92. The molecule has 1 aromatic heterocycles. The third-order valence-corrected chi connectivity index (χ3v) is 5.20. The predicted molar refractivity (Wildman–Crippen MR) is 96.0 cm³/mol. The van der Waals surface area contributed by atoms with Crippen molar-refractivity contribution in [2.45, 2.75) is 18.9 Å². The molecule has 1 atom stereocenters. The van der Waals surface area contributed by atoms with Gasteiger partial charge in [0.05, 0.1) is 11.9 Å². The Hall–Kier alpha value is -2.12. The summed E-state index contributed by atoms with van der Waals surface area (Å²) < 4.78 is 29.1. The van der Waals surface area contributed by atoms with Crippen LogP contribution in [0.2, 0.25) is 0 Å². The fraction of sp³-hybridized carbons (Fsp3) is 0.353. The highest BCUT2D eigenvalue weighted by Gasteiger charge is 2.23. The molecule has 0 radical (unpaired) electrons. The number of hydrogen-bond acceptors (Lipinski definition) is 4. The lowest BCUT2D eigenvalue weighted by Gasteiger charge is -2.33. The molecule has 1 fully saturated rings. The van der Waals surface area contributed by atoms with Crippen LogP contribution in [0.4, 0.5) is 5.69 Å². The fourth-order valence-corrected chi connectivity index (χ4v) is 3.96. The molecule has 3 rings (SSSR count). The summed E-state index contributed by atoms with van der Waals surface area (Å²) in [7, 11) is -1.58. The van der Waals surface area contributed by atoms with Crippen molar-refractivity contribution in [3.63, 3.8) is 0 Å². The number of nitrogens with zero attached hydrogens (tertiary/aromatic N) is 3. The summed E-state index contributed by atoms with van der Waals surface area (Å²) in [5, 5.41) is 5.42. The normalized spacial score (nSPS) is 19.0. The highest BCUT2D eigenvalue weighted by Crippen LogP contribution is 2.19. The van der Waals surface area contributed by atoms with Crippen LogP contribution in [0.3, 0.4) is 0 Å². The van der Waals surface area contributed by atoms with Gasteiger partial charge >= 0.3 is 0 Å². The number of nitrogens with one attached hydrogen (secondary N) is 1. The number of benzene rings is 1.